The van der Waals surface area contributed by atoms with Gasteiger partial charge in [0.2, 0.25) is 0 Å². The first-order chi connectivity index (χ1) is 14.0. The molecule has 0 atom stereocenters. The van der Waals surface area contributed by atoms with Crippen LogP contribution in [0.2, 0.25) is 10.0 Å². The van der Waals surface area contributed by atoms with Crippen LogP contribution in [0.5, 0.6) is 11.5 Å². The van der Waals surface area contributed by atoms with Gasteiger partial charge in [0.1, 0.15) is 18.1 Å². The molecule has 0 aliphatic rings. The Kier molecular flexibility index (Phi) is 8.25. The maximum Gasteiger partial charge on any atom is 0.124 e. The Morgan fingerprint density at radius 1 is 0.897 bits per heavy atom. The fraction of sp³-hybridized carbons (Fsp3) is 0.217. The number of nitrogens with one attached hydrogen (secondary N) is 1. The topological polar surface area (TPSA) is 30.5 Å². The highest BCUT2D eigenvalue weighted by Gasteiger charge is 2.07. The van der Waals surface area contributed by atoms with Crippen molar-refractivity contribution in [2.75, 3.05) is 13.7 Å². The molecule has 0 bridgehead atoms. The molecule has 0 saturated carbocycles. The van der Waals surface area contributed by atoms with E-state index in [0.29, 0.717) is 23.2 Å². The molecule has 0 amide bonds. The van der Waals surface area contributed by atoms with Crippen LogP contribution >= 0.6 is 39.1 Å². The molecule has 0 aromatic heterocycles. The van der Waals surface area contributed by atoms with Crippen molar-refractivity contribution in [2.24, 2.45) is 0 Å². The molecule has 1 N–H and O–H groups in total. The Hall–Kier alpha value is -1.72. The Morgan fingerprint density at radius 2 is 1.66 bits per heavy atom. The average molecular weight is 495 g/mol. The van der Waals surface area contributed by atoms with Gasteiger partial charge in [0.15, 0.2) is 0 Å². The first kappa shape index (κ1) is 22.0. The standard InChI is InChI=1S/C23H22BrCl2NO2/c1-28-20-6-2-16(3-7-20)10-11-27-14-18-13-19(24)5-9-23(18)29-15-17-4-8-21(25)22(26)12-17/h2-9,12-13,27H,10-11,14-15H2,1H3. The first-order valence-electron chi connectivity index (χ1n) is 9.24. The molecule has 3 aromatic rings. The Balaban J connectivity index is 1.55. The van der Waals surface area contributed by atoms with Crippen LogP contribution in [-0.4, -0.2) is 13.7 Å². The van der Waals surface area contributed by atoms with Gasteiger partial charge in [-0.2, -0.15) is 0 Å². The highest BCUT2D eigenvalue weighted by molar-refractivity contribution is 9.10. The minimum atomic E-state index is 0.428. The molecular weight excluding hydrogens is 473 g/mol. The van der Waals surface area contributed by atoms with E-state index in [1.807, 2.05) is 36.4 Å². The summed E-state index contributed by atoms with van der Waals surface area (Å²) >= 11 is 15.6. The largest absolute Gasteiger partial charge is 0.497 e. The van der Waals surface area contributed by atoms with Crippen LogP contribution < -0.4 is 14.8 Å². The average Bonchev–Trinajstić information content (AvgIpc) is 2.73. The Bertz CT molecular complexity index is 948. The third-order valence-electron chi connectivity index (χ3n) is 4.47. The number of halogens is 3. The lowest BCUT2D eigenvalue weighted by Crippen LogP contribution is -2.17. The van der Waals surface area contributed by atoms with Crippen LogP contribution in [0.25, 0.3) is 0 Å². The lowest BCUT2D eigenvalue weighted by Gasteiger charge is -2.13. The van der Waals surface area contributed by atoms with E-state index >= 15 is 0 Å². The minimum Gasteiger partial charge on any atom is -0.497 e. The molecule has 3 rings (SSSR count). The van der Waals surface area contributed by atoms with Gasteiger partial charge in [0, 0.05) is 16.6 Å². The van der Waals surface area contributed by atoms with E-state index in [0.717, 1.165) is 40.1 Å². The molecule has 6 heteroatoms. The van der Waals surface area contributed by atoms with Crippen molar-refractivity contribution in [1.82, 2.24) is 5.32 Å². The van der Waals surface area contributed by atoms with Gasteiger partial charge in [-0.3, -0.25) is 0 Å². The summed E-state index contributed by atoms with van der Waals surface area (Å²) in [5, 5.41) is 4.56. The molecule has 3 aromatic carbocycles. The van der Waals surface area contributed by atoms with E-state index in [-0.39, 0.29) is 0 Å². The molecule has 0 radical (unpaired) electrons. The van der Waals surface area contributed by atoms with Gasteiger partial charge in [-0.1, -0.05) is 57.3 Å². The normalized spacial score (nSPS) is 10.8. The van der Waals surface area contributed by atoms with Crippen molar-refractivity contribution < 1.29 is 9.47 Å². The van der Waals surface area contributed by atoms with Gasteiger partial charge in [-0.15, -0.1) is 0 Å². The van der Waals surface area contributed by atoms with E-state index in [9.17, 15) is 0 Å². The maximum atomic E-state index is 6.09. The molecule has 29 heavy (non-hydrogen) atoms. The van der Waals surface area contributed by atoms with Gasteiger partial charge in [0.25, 0.3) is 0 Å². The summed E-state index contributed by atoms with van der Waals surface area (Å²) in [6, 6.07) is 19.7. The first-order valence-corrected chi connectivity index (χ1v) is 10.8. The molecule has 0 aliphatic carbocycles. The van der Waals surface area contributed by atoms with Crippen LogP contribution in [0.3, 0.4) is 0 Å². The fourth-order valence-corrected chi connectivity index (χ4v) is 3.59. The lowest BCUT2D eigenvalue weighted by atomic mass is 10.1. The smallest absolute Gasteiger partial charge is 0.124 e. The zero-order valence-corrected chi connectivity index (χ0v) is 19.2. The molecule has 0 saturated heterocycles. The summed E-state index contributed by atoms with van der Waals surface area (Å²) in [6.07, 6.45) is 0.942. The van der Waals surface area contributed by atoms with Crippen LogP contribution in [0.15, 0.2) is 65.1 Å². The summed E-state index contributed by atoms with van der Waals surface area (Å²) in [6.45, 7) is 2.01. The SMILES string of the molecule is COc1ccc(CCNCc2cc(Br)ccc2OCc2ccc(Cl)c(Cl)c2)cc1. The van der Waals surface area contributed by atoms with E-state index in [1.165, 1.54) is 5.56 Å². The fourth-order valence-electron chi connectivity index (χ4n) is 2.87. The second-order valence-corrected chi connectivity index (χ2v) is 8.29. The number of benzene rings is 3. The van der Waals surface area contributed by atoms with Crippen molar-refractivity contribution in [3.05, 3.63) is 91.9 Å². The second kappa shape index (κ2) is 10.9. The van der Waals surface area contributed by atoms with Crippen molar-refractivity contribution in [1.29, 1.82) is 0 Å². The predicted molar refractivity (Wildman–Crippen MR) is 123 cm³/mol. The molecule has 0 aliphatic heterocycles. The van der Waals surface area contributed by atoms with Gasteiger partial charge in [-0.05, 0) is 66.6 Å². The van der Waals surface area contributed by atoms with Crippen molar-refractivity contribution in [2.45, 2.75) is 19.6 Å². The number of rotatable bonds is 9. The van der Waals surface area contributed by atoms with Crippen molar-refractivity contribution >= 4 is 39.1 Å². The molecular formula is C23H22BrCl2NO2. The molecule has 0 fully saturated rings. The highest BCUT2D eigenvalue weighted by atomic mass is 79.9. The van der Waals surface area contributed by atoms with Crippen molar-refractivity contribution in [3.63, 3.8) is 0 Å². The van der Waals surface area contributed by atoms with Gasteiger partial charge >= 0.3 is 0 Å². The van der Waals surface area contributed by atoms with Crippen LogP contribution in [0.4, 0.5) is 0 Å². The van der Waals surface area contributed by atoms with Crippen LogP contribution in [0, 0.1) is 0 Å². The number of hydrogen-bond donors (Lipinski definition) is 1. The molecule has 0 unspecified atom stereocenters. The third kappa shape index (κ3) is 6.65. The maximum absolute atomic E-state index is 6.09. The third-order valence-corrected chi connectivity index (χ3v) is 5.70. The van der Waals surface area contributed by atoms with E-state index in [1.54, 1.807) is 13.2 Å². The molecule has 0 spiro atoms. The van der Waals surface area contributed by atoms with E-state index in [4.69, 9.17) is 32.7 Å². The summed E-state index contributed by atoms with van der Waals surface area (Å²) in [4.78, 5) is 0. The molecule has 0 heterocycles. The van der Waals surface area contributed by atoms with Crippen molar-refractivity contribution in [3.8, 4) is 11.5 Å². The second-order valence-electron chi connectivity index (χ2n) is 6.56. The van der Waals surface area contributed by atoms with Crippen LogP contribution in [-0.2, 0) is 19.6 Å². The van der Waals surface area contributed by atoms with Gasteiger partial charge in [0.05, 0.1) is 17.2 Å². The van der Waals surface area contributed by atoms with E-state index < -0.39 is 0 Å². The number of ether oxygens (including phenoxy) is 2. The van der Waals surface area contributed by atoms with Gasteiger partial charge < -0.3 is 14.8 Å². The summed E-state index contributed by atoms with van der Waals surface area (Å²) in [7, 11) is 1.68. The monoisotopic (exact) mass is 493 g/mol. The number of hydrogen-bond acceptors (Lipinski definition) is 3. The summed E-state index contributed by atoms with van der Waals surface area (Å²) in [5.41, 5.74) is 3.33. The lowest BCUT2D eigenvalue weighted by molar-refractivity contribution is 0.302. The Morgan fingerprint density at radius 3 is 2.38 bits per heavy atom. The van der Waals surface area contributed by atoms with E-state index in [2.05, 4.69) is 39.4 Å². The predicted octanol–water partition coefficient (Wildman–Crippen LogP) is 6.68. The zero-order chi connectivity index (χ0) is 20.6. The summed E-state index contributed by atoms with van der Waals surface area (Å²) in [5.74, 6) is 1.72. The summed E-state index contributed by atoms with van der Waals surface area (Å²) < 4.78 is 12.3. The highest BCUT2D eigenvalue weighted by Crippen LogP contribution is 2.26. The number of methoxy groups -OCH3 is 1. The molecule has 3 nitrogen and oxygen atoms in total. The quantitative estimate of drug-likeness (QED) is 0.336. The van der Waals surface area contributed by atoms with Gasteiger partial charge in [-0.25, -0.2) is 0 Å². The van der Waals surface area contributed by atoms with Crippen LogP contribution in [0.1, 0.15) is 16.7 Å². The zero-order valence-electron chi connectivity index (χ0n) is 16.1. The Labute approximate surface area is 190 Å². The molecule has 152 valence electrons. The minimum absolute atomic E-state index is 0.428.